The molecule has 28 heavy (non-hydrogen) atoms. The number of unbranched alkanes of at least 4 members (excludes halogenated alkanes) is 12. The van der Waals surface area contributed by atoms with Crippen LogP contribution in [0.3, 0.4) is 0 Å². The Morgan fingerprint density at radius 1 is 0.929 bits per heavy atom. The second-order valence-electron chi connectivity index (χ2n) is 8.68. The Morgan fingerprint density at radius 3 is 2.14 bits per heavy atom. The minimum Gasteiger partial charge on any atom is -0.490 e. The highest BCUT2D eigenvalue weighted by atomic mass is 16.6. The van der Waals surface area contributed by atoms with Crippen molar-refractivity contribution < 1.29 is 9.47 Å². The van der Waals surface area contributed by atoms with Crippen LogP contribution < -0.4 is 4.74 Å². The maximum atomic E-state index is 5.84. The number of epoxide rings is 1. The van der Waals surface area contributed by atoms with E-state index in [1.54, 1.807) is 0 Å². The van der Waals surface area contributed by atoms with Gasteiger partial charge in [-0.15, -0.1) is 0 Å². The van der Waals surface area contributed by atoms with Gasteiger partial charge in [0.2, 0.25) is 0 Å². The fraction of sp³-hybridized carbons (Fsp3) is 0.692. The molecule has 2 heteroatoms. The molecule has 1 saturated heterocycles. The van der Waals surface area contributed by atoms with Crippen LogP contribution >= 0.6 is 0 Å². The van der Waals surface area contributed by atoms with E-state index in [0.29, 0.717) is 6.61 Å². The molecule has 1 unspecified atom stereocenters. The van der Waals surface area contributed by atoms with E-state index in [9.17, 15) is 0 Å². The molecule has 0 N–H and O–H groups in total. The zero-order valence-electron chi connectivity index (χ0n) is 18.4. The first-order chi connectivity index (χ1) is 13.7. The summed E-state index contributed by atoms with van der Waals surface area (Å²) in [5.41, 5.74) is 1.17. The third-order valence-corrected chi connectivity index (χ3v) is 5.57. The van der Waals surface area contributed by atoms with Gasteiger partial charge >= 0.3 is 0 Å². The van der Waals surface area contributed by atoms with Crippen molar-refractivity contribution in [2.75, 3.05) is 13.2 Å². The standard InChI is InChI=1S/C26H42O2/c1-3-4-5-6-7-8-9-10-11-12-13-14-15-16-18-24-19-17-20-25(21-24)27-22-26(2)23-28-26/h16-21H,3-15,22-23H2,1-2H3/b18-16+. The quantitative estimate of drug-likeness (QED) is 0.200. The highest BCUT2D eigenvalue weighted by Crippen LogP contribution is 2.27. The average molecular weight is 387 g/mol. The van der Waals surface area contributed by atoms with Gasteiger partial charge in [0.05, 0.1) is 6.61 Å². The van der Waals surface area contributed by atoms with Gasteiger partial charge in [0.1, 0.15) is 18.0 Å². The SMILES string of the molecule is CCCCCCCCCCCCCC/C=C/c1cccc(OCC2(C)CO2)c1. The minimum atomic E-state index is -0.0551. The molecule has 1 fully saturated rings. The van der Waals surface area contributed by atoms with Gasteiger partial charge in [-0.2, -0.15) is 0 Å². The second-order valence-corrected chi connectivity index (χ2v) is 8.68. The van der Waals surface area contributed by atoms with Crippen molar-refractivity contribution in [2.45, 2.75) is 103 Å². The summed E-state index contributed by atoms with van der Waals surface area (Å²) in [6.45, 7) is 5.82. The van der Waals surface area contributed by atoms with E-state index in [4.69, 9.17) is 9.47 Å². The number of allylic oxidation sites excluding steroid dienone is 1. The normalized spacial score (nSPS) is 18.6. The van der Waals surface area contributed by atoms with Crippen LogP contribution in [-0.4, -0.2) is 18.8 Å². The zero-order chi connectivity index (χ0) is 19.9. The molecule has 0 bridgehead atoms. The first-order valence-corrected chi connectivity index (χ1v) is 11.8. The number of benzene rings is 1. The monoisotopic (exact) mass is 386 g/mol. The molecular formula is C26H42O2. The molecule has 0 spiro atoms. The average Bonchev–Trinajstić information content (AvgIpc) is 3.45. The molecule has 0 amide bonds. The van der Waals surface area contributed by atoms with Crippen LogP contribution in [0.1, 0.15) is 103 Å². The van der Waals surface area contributed by atoms with Crippen LogP contribution in [0.2, 0.25) is 0 Å². The predicted molar refractivity (Wildman–Crippen MR) is 121 cm³/mol. The van der Waals surface area contributed by atoms with Gasteiger partial charge in [0.15, 0.2) is 0 Å². The molecule has 0 radical (unpaired) electrons. The van der Waals surface area contributed by atoms with Gasteiger partial charge in [-0.3, -0.25) is 0 Å². The summed E-state index contributed by atoms with van der Waals surface area (Å²) < 4.78 is 11.2. The van der Waals surface area contributed by atoms with Crippen LogP contribution in [-0.2, 0) is 4.74 Å². The van der Waals surface area contributed by atoms with Gasteiger partial charge in [-0.1, -0.05) is 102 Å². The van der Waals surface area contributed by atoms with Crippen molar-refractivity contribution in [2.24, 2.45) is 0 Å². The van der Waals surface area contributed by atoms with E-state index in [0.717, 1.165) is 12.4 Å². The smallest absolute Gasteiger partial charge is 0.123 e. The summed E-state index contributed by atoms with van der Waals surface area (Å²) in [4.78, 5) is 0. The molecule has 2 nitrogen and oxygen atoms in total. The lowest BCUT2D eigenvalue weighted by Gasteiger charge is -2.09. The van der Waals surface area contributed by atoms with Gasteiger partial charge in [0, 0.05) is 0 Å². The highest BCUT2D eigenvalue weighted by Gasteiger charge is 2.40. The van der Waals surface area contributed by atoms with Gasteiger partial charge in [0.25, 0.3) is 0 Å². The Balaban J connectivity index is 1.43. The summed E-state index contributed by atoms with van der Waals surface area (Å²) in [5, 5.41) is 0. The zero-order valence-corrected chi connectivity index (χ0v) is 18.4. The van der Waals surface area contributed by atoms with Crippen LogP contribution in [0, 0.1) is 0 Å². The Labute approximate surface area is 173 Å². The molecule has 0 saturated carbocycles. The van der Waals surface area contributed by atoms with Crippen molar-refractivity contribution >= 4 is 6.08 Å². The maximum Gasteiger partial charge on any atom is 0.123 e. The molecule has 158 valence electrons. The molecular weight excluding hydrogens is 344 g/mol. The maximum absolute atomic E-state index is 5.84. The van der Waals surface area contributed by atoms with E-state index in [1.807, 2.05) is 6.07 Å². The summed E-state index contributed by atoms with van der Waals surface area (Å²) in [7, 11) is 0. The third-order valence-electron chi connectivity index (χ3n) is 5.57. The molecule has 2 rings (SSSR count). The molecule has 0 aromatic heterocycles. The third kappa shape index (κ3) is 10.9. The summed E-state index contributed by atoms with van der Waals surface area (Å²) in [6, 6.07) is 8.34. The lowest BCUT2D eigenvalue weighted by molar-refractivity contribution is 0.202. The predicted octanol–water partition coefficient (Wildman–Crippen LogP) is 7.96. The molecule has 1 atom stereocenters. The van der Waals surface area contributed by atoms with Crippen LogP contribution in [0.4, 0.5) is 0 Å². The van der Waals surface area contributed by atoms with E-state index < -0.39 is 0 Å². The number of rotatable bonds is 17. The van der Waals surface area contributed by atoms with Crippen LogP contribution in [0.15, 0.2) is 30.3 Å². The molecule has 1 aliphatic heterocycles. The first kappa shape index (κ1) is 23.0. The van der Waals surface area contributed by atoms with Crippen molar-refractivity contribution in [3.8, 4) is 5.75 Å². The summed E-state index contributed by atoms with van der Waals surface area (Å²) >= 11 is 0. The van der Waals surface area contributed by atoms with Crippen LogP contribution in [0.5, 0.6) is 5.75 Å². The van der Waals surface area contributed by atoms with E-state index >= 15 is 0 Å². The molecule has 1 heterocycles. The fourth-order valence-electron chi connectivity index (χ4n) is 3.47. The van der Waals surface area contributed by atoms with E-state index in [1.165, 1.54) is 89.0 Å². The molecule has 1 aliphatic rings. The largest absolute Gasteiger partial charge is 0.490 e. The van der Waals surface area contributed by atoms with Gasteiger partial charge < -0.3 is 9.47 Å². The summed E-state index contributed by atoms with van der Waals surface area (Å²) in [6.07, 6.45) is 22.6. The molecule has 0 aliphatic carbocycles. The van der Waals surface area contributed by atoms with E-state index in [2.05, 4.69) is 44.2 Å². The molecule has 1 aromatic rings. The minimum absolute atomic E-state index is 0.0551. The second kappa shape index (κ2) is 13.8. The number of hydrogen-bond donors (Lipinski definition) is 0. The van der Waals surface area contributed by atoms with Crippen molar-refractivity contribution in [3.05, 3.63) is 35.9 Å². The highest BCUT2D eigenvalue weighted by molar-refractivity contribution is 5.51. The summed E-state index contributed by atoms with van der Waals surface area (Å²) in [5.74, 6) is 0.934. The van der Waals surface area contributed by atoms with Crippen molar-refractivity contribution in [3.63, 3.8) is 0 Å². The van der Waals surface area contributed by atoms with Gasteiger partial charge in [-0.25, -0.2) is 0 Å². The topological polar surface area (TPSA) is 21.8 Å². The van der Waals surface area contributed by atoms with Crippen molar-refractivity contribution in [1.82, 2.24) is 0 Å². The lowest BCUT2D eigenvalue weighted by Crippen LogP contribution is -2.16. The lowest BCUT2D eigenvalue weighted by atomic mass is 10.0. The van der Waals surface area contributed by atoms with Crippen molar-refractivity contribution in [1.29, 1.82) is 0 Å². The fourth-order valence-corrected chi connectivity index (χ4v) is 3.47. The molecule has 1 aromatic carbocycles. The number of hydrogen-bond acceptors (Lipinski definition) is 2. The number of ether oxygens (including phenoxy) is 2. The first-order valence-electron chi connectivity index (χ1n) is 11.8. The Kier molecular flexibility index (Phi) is 11.4. The van der Waals surface area contributed by atoms with E-state index in [-0.39, 0.29) is 5.60 Å². The Bertz CT molecular complexity index is 545. The van der Waals surface area contributed by atoms with Crippen LogP contribution in [0.25, 0.3) is 6.08 Å². The van der Waals surface area contributed by atoms with Gasteiger partial charge in [-0.05, 0) is 37.5 Å². The Hall–Kier alpha value is -1.28. The Morgan fingerprint density at radius 2 is 1.54 bits per heavy atom.